The molecule has 0 saturated carbocycles. The Morgan fingerprint density at radius 3 is 2.64 bits per heavy atom. The molecule has 1 N–H and O–H groups in total. The van der Waals surface area contributed by atoms with Crippen molar-refractivity contribution in [2.45, 2.75) is 6.92 Å². The Kier molecular flexibility index (Phi) is 3.73. The first-order chi connectivity index (χ1) is 12.1. The topological polar surface area (TPSA) is 45.5 Å². The van der Waals surface area contributed by atoms with Crippen LogP contribution >= 0.6 is 11.6 Å². The minimum absolute atomic E-state index is 0.667. The Balaban J connectivity index is 1.99. The molecule has 0 spiro atoms. The normalized spacial score (nSPS) is 11.2. The van der Waals surface area contributed by atoms with Crippen molar-refractivity contribution in [3.63, 3.8) is 0 Å². The molecule has 0 aliphatic rings. The van der Waals surface area contributed by atoms with Crippen LogP contribution in [0.4, 0.5) is 17.2 Å². The number of aromatic nitrogens is 3. The second-order valence-corrected chi connectivity index (χ2v) is 6.61. The van der Waals surface area contributed by atoms with E-state index in [0.29, 0.717) is 5.02 Å². The molecule has 2 aromatic heterocycles. The fourth-order valence-electron chi connectivity index (χ4n) is 3.02. The van der Waals surface area contributed by atoms with Crippen LogP contribution in [0, 0.1) is 6.92 Å². The van der Waals surface area contributed by atoms with Gasteiger partial charge in [0.15, 0.2) is 5.82 Å². The van der Waals surface area contributed by atoms with E-state index in [-0.39, 0.29) is 0 Å². The molecular weight excluding hydrogens is 334 g/mol. The zero-order chi connectivity index (χ0) is 17.6. The van der Waals surface area contributed by atoms with E-state index in [9.17, 15) is 0 Å². The fourth-order valence-corrected chi connectivity index (χ4v) is 3.29. The van der Waals surface area contributed by atoms with Crippen LogP contribution in [0.1, 0.15) is 5.56 Å². The molecule has 0 atom stereocenters. The Morgan fingerprint density at radius 2 is 1.88 bits per heavy atom. The summed E-state index contributed by atoms with van der Waals surface area (Å²) in [6.45, 7) is 2.02. The number of rotatable bonds is 3. The Morgan fingerprint density at radius 1 is 1.08 bits per heavy atom. The van der Waals surface area contributed by atoms with Crippen molar-refractivity contribution in [1.29, 1.82) is 0 Å². The first kappa shape index (κ1) is 15.7. The molecule has 2 heterocycles. The third-order valence-electron chi connectivity index (χ3n) is 4.30. The van der Waals surface area contributed by atoms with Gasteiger partial charge in [-0.2, -0.15) is 0 Å². The molecule has 5 nitrogen and oxygen atoms in total. The van der Waals surface area contributed by atoms with Crippen LogP contribution in [0.3, 0.4) is 0 Å². The second kappa shape index (κ2) is 5.93. The zero-order valence-electron chi connectivity index (χ0n) is 14.3. The standard InChI is InChI=1S/C19H18ClN5/c1-12-6-4-7-13(20)17(12)22-19-16-10-21-11-25(16)15-9-5-8-14(24(2)3)18(15)23-19/h4-11H,1-3H3,(H,22,23). The molecule has 6 heteroatoms. The highest BCUT2D eigenvalue weighted by Gasteiger charge is 2.14. The van der Waals surface area contributed by atoms with Crippen LogP contribution in [0.5, 0.6) is 0 Å². The van der Waals surface area contributed by atoms with Gasteiger partial charge in [0, 0.05) is 14.1 Å². The number of nitrogens with zero attached hydrogens (tertiary/aromatic N) is 4. The summed E-state index contributed by atoms with van der Waals surface area (Å²) in [6, 6.07) is 12.0. The summed E-state index contributed by atoms with van der Waals surface area (Å²) in [6.07, 6.45) is 3.62. The van der Waals surface area contributed by atoms with Gasteiger partial charge in [-0.1, -0.05) is 29.8 Å². The average molecular weight is 352 g/mol. The van der Waals surface area contributed by atoms with Gasteiger partial charge >= 0.3 is 0 Å². The lowest BCUT2D eigenvalue weighted by Crippen LogP contribution is -2.10. The van der Waals surface area contributed by atoms with E-state index in [0.717, 1.165) is 39.3 Å². The van der Waals surface area contributed by atoms with Gasteiger partial charge in [0.2, 0.25) is 0 Å². The summed E-state index contributed by atoms with van der Waals surface area (Å²) in [5, 5.41) is 4.07. The van der Waals surface area contributed by atoms with Crippen molar-refractivity contribution >= 4 is 45.3 Å². The number of aryl methyl sites for hydroxylation is 1. The number of para-hydroxylation sites is 2. The van der Waals surface area contributed by atoms with Gasteiger partial charge in [-0.25, -0.2) is 9.97 Å². The highest BCUT2D eigenvalue weighted by atomic mass is 35.5. The summed E-state index contributed by atoms with van der Waals surface area (Å²) < 4.78 is 2.05. The van der Waals surface area contributed by atoms with Gasteiger partial charge in [0.05, 0.1) is 34.4 Å². The van der Waals surface area contributed by atoms with Crippen molar-refractivity contribution in [1.82, 2.24) is 14.4 Å². The molecule has 0 aliphatic heterocycles. The number of fused-ring (bicyclic) bond motifs is 3. The van der Waals surface area contributed by atoms with Crippen LogP contribution < -0.4 is 10.2 Å². The first-order valence-electron chi connectivity index (χ1n) is 8.00. The van der Waals surface area contributed by atoms with Crippen molar-refractivity contribution in [3.05, 3.63) is 59.5 Å². The lowest BCUT2D eigenvalue weighted by molar-refractivity contribution is 1.12. The van der Waals surface area contributed by atoms with Crippen molar-refractivity contribution in [2.75, 3.05) is 24.3 Å². The molecule has 0 amide bonds. The molecule has 0 fully saturated rings. The molecule has 4 aromatic rings. The van der Waals surface area contributed by atoms with E-state index in [1.807, 2.05) is 62.2 Å². The summed E-state index contributed by atoms with van der Waals surface area (Å²) in [4.78, 5) is 11.3. The predicted octanol–water partition coefficient (Wildman–Crippen LogP) is 4.65. The maximum atomic E-state index is 6.38. The summed E-state index contributed by atoms with van der Waals surface area (Å²) in [7, 11) is 4.03. The summed E-state index contributed by atoms with van der Waals surface area (Å²) >= 11 is 6.38. The number of anilines is 3. The molecule has 4 rings (SSSR count). The highest BCUT2D eigenvalue weighted by molar-refractivity contribution is 6.33. The third-order valence-corrected chi connectivity index (χ3v) is 4.62. The van der Waals surface area contributed by atoms with Crippen LogP contribution in [-0.2, 0) is 0 Å². The largest absolute Gasteiger partial charge is 0.376 e. The number of benzene rings is 2. The average Bonchev–Trinajstić information content (AvgIpc) is 3.07. The Hall–Kier alpha value is -2.79. The van der Waals surface area contributed by atoms with Crippen LogP contribution in [-0.4, -0.2) is 28.5 Å². The van der Waals surface area contributed by atoms with Gasteiger partial charge in [0.1, 0.15) is 11.0 Å². The van der Waals surface area contributed by atoms with Crippen LogP contribution in [0.15, 0.2) is 48.9 Å². The number of hydrogen-bond acceptors (Lipinski definition) is 4. The number of halogens is 1. The van der Waals surface area contributed by atoms with Crippen molar-refractivity contribution in [3.8, 4) is 0 Å². The van der Waals surface area contributed by atoms with E-state index < -0.39 is 0 Å². The lowest BCUT2D eigenvalue weighted by Gasteiger charge is -2.17. The Labute approximate surface area is 150 Å². The maximum absolute atomic E-state index is 6.38. The number of nitrogens with one attached hydrogen (secondary N) is 1. The molecule has 0 aliphatic carbocycles. The minimum atomic E-state index is 0.667. The van der Waals surface area contributed by atoms with Crippen LogP contribution in [0.2, 0.25) is 5.02 Å². The molecule has 0 unspecified atom stereocenters. The SMILES string of the molecule is Cc1cccc(Cl)c1Nc1nc2c(N(C)C)cccc2n2cncc12. The first-order valence-corrected chi connectivity index (χ1v) is 8.38. The third kappa shape index (κ3) is 2.57. The highest BCUT2D eigenvalue weighted by Crippen LogP contribution is 2.33. The monoisotopic (exact) mass is 351 g/mol. The molecule has 25 heavy (non-hydrogen) atoms. The molecule has 0 saturated heterocycles. The predicted molar refractivity (Wildman–Crippen MR) is 104 cm³/mol. The quantitative estimate of drug-likeness (QED) is 0.583. The smallest absolute Gasteiger partial charge is 0.157 e. The van der Waals surface area contributed by atoms with Crippen molar-refractivity contribution in [2.24, 2.45) is 0 Å². The minimum Gasteiger partial charge on any atom is -0.376 e. The van der Waals surface area contributed by atoms with Gasteiger partial charge < -0.3 is 10.2 Å². The van der Waals surface area contributed by atoms with Crippen LogP contribution in [0.25, 0.3) is 16.6 Å². The van der Waals surface area contributed by atoms with Crippen molar-refractivity contribution < 1.29 is 0 Å². The molecular formula is C19H18ClN5. The second-order valence-electron chi connectivity index (χ2n) is 6.21. The summed E-state index contributed by atoms with van der Waals surface area (Å²) in [5.41, 5.74) is 5.80. The maximum Gasteiger partial charge on any atom is 0.157 e. The fraction of sp³-hybridized carbons (Fsp3) is 0.158. The molecule has 0 bridgehead atoms. The van der Waals surface area contributed by atoms with Gasteiger partial charge in [-0.3, -0.25) is 4.40 Å². The number of imidazole rings is 1. The molecule has 2 aromatic carbocycles. The van der Waals surface area contributed by atoms with E-state index in [4.69, 9.17) is 16.6 Å². The summed E-state index contributed by atoms with van der Waals surface area (Å²) in [5.74, 6) is 0.732. The number of hydrogen-bond donors (Lipinski definition) is 1. The van der Waals surface area contributed by atoms with E-state index in [1.54, 1.807) is 0 Å². The van der Waals surface area contributed by atoms with Gasteiger partial charge in [-0.15, -0.1) is 0 Å². The molecule has 126 valence electrons. The van der Waals surface area contributed by atoms with Gasteiger partial charge in [0.25, 0.3) is 0 Å². The Bertz CT molecular complexity index is 1060. The van der Waals surface area contributed by atoms with E-state index >= 15 is 0 Å². The molecule has 0 radical (unpaired) electrons. The zero-order valence-corrected chi connectivity index (χ0v) is 15.0. The van der Waals surface area contributed by atoms with Gasteiger partial charge in [-0.05, 0) is 30.7 Å². The van der Waals surface area contributed by atoms with E-state index in [2.05, 4.69) is 27.3 Å². The lowest BCUT2D eigenvalue weighted by atomic mass is 10.2. The van der Waals surface area contributed by atoms with E-state index in [1.165, 1.54) is 0 Å².